The van der Waals surface area contributed by atoms with Crippen LogP contribution < -0.4 is 4.74 Å². The fraction of sp³-hybridized carbons (Fsp3) is 0.263. The number of carbonyl (C=O) groups excluding carboxylic acids is 1. The molecule has 0 saturated carbocycles. The SMILES string of the molecule is [C-]#[N+]c1ccc(C)c(COc2ccc3c(c2)C(=O)CCC3)c1. The standard InChI is InChI=1S/C19H17NO2/c1-13-6-8-16(20-2)10-15(13)12-22-17-9-7-14-4-3-5-19(21)18(14)11-17/h6-11H,3-5,12H2,1H3. The lowest BCUT2D eigenvalue weighted by Gasteiger charge is -2.16. The summed E-state index contributed by atoms with van der Waals surface area (Å²) in [5, 5.41) is 0. The topological polar surface area (TPSA) is 30.7 Å². The monoisotopic (exact) mass is 291 g/mol. The van der Waals surface area contributed by atoms with Crippen LogP contribution in [0.3, 0.4) is 0 Å². The maximum Gasteiger partial charge on any atom is 0.187 e. The molecule has 0 radical (unpaired) electrons. The molecule has 2 aromatic carbocycles. The van der Waals surface area contributed by atoms with E-state index in [0.717, 1.165) is 35.1 Å². The fourth-order valence-corrected chi connectivity index (χ4v) is 2.74. The van der Waals surface area contributed by atoms with Gasteiger partial charge in [0.15, 0.2) is 11.5 Å². The summed E-state index contributed by atoms with van der Waals surface area (Å²) < 4.78 is 5.83. The number of ketones is 1. The number of fused-ring (bicyclic) bond motifs is 1. The Bertz CT molecular complexity index is 771. The van der Waals surface area contributed by atoms with Crippen molar-refractivity contribution in [3.05, 3.63) is 70.1 Å². The second-order valence-electron chi connectivity index (χ2n) is 5.61. The third-order valence-corrected chi connectivity index (χ3v) is 4.09. The van der Waals surface area contributed by atoms with Gasteiger partial charge in [-0.3, -0.25) is 4.79 Å². The molecule has 0 amide bonds. The van der Waals surface area contributed by atoms with Crippen molar-refractivity contribution in [2.45, 2.75) is 32.8 Å². The van der Waals surface area contributed by atoms with E-state index in [1.165, 1.54) is 0 Å². The molecule has 0 bridgehead atoms. The third kappa shape index (κ3) is 2.87. The van der Waals surface area contributed by atoms with Crippen LogP contribution in [0.25, 0.3) is 4.85 Å². The van der Waals surface area contributed by atoms with Crippen molar-refractivity contribution in [1.29, 1.82) is 0 Å². The molecule has 0 atom stereocenters. The molecule has 0 spiro atoms. The molecule has 2 aromatic rings. The molecule has 1 aliphatic carbocycles. The van der Waals surface area contributed by atoms with Gasteiger partial charge in [0.05, 0.1) is 6.57 Å². The smallest absolute Gasteiger partial charge is 0.187 e. The zero-order valence-electron chi connectivity index (χ0n) is 12.6. The number of nitrogens with zero attached hydrogens (tertiary/aromatic N) is 1. The normalized spacial score (nSPS) is 13.4. The van der Waals surface area contributed by atoms with E-state index in [1.807, 2.05) is 43.3 Å². The highest BCUT2D eigenvalue weighted by Gasteiger charge is 2.17. The largest absolute Gasteiger partial charge is 0.489 e. The highest BCUT2D eigenvalue weighted by atomic mass is 16.5. The summed E-state index contributed by atoms with van der Waals surface area (Å²) in [6.07, 6.45) is 2.53. The molecule has 0 unspecified atom stereocenters. The summed E-state index contributed by atoms with van der Waals surface area (Å²) in [7, 11) is 0. The second kappa shape index (κ2) is 6.03. The molecule has 3 heteroatoms. The minimum Gasteiger partial charge on any atom is -0.489 e. The van der Waals surface area contributed by atoms with E-state index >= 15 is 0 Å². The minimum atomic E-state index is 0.206. The lowest BCUT2D eigenvalue weighted by molar-refractivity contribution is 0.0972. The van der Waals surface area contributed by atoms with Crippen LogP contribution in [0.5, 0.6) is 5.75 Å². The summed E-state index contributed by atoms with van der Waals surface area (Å²) in [6.45, 7) is 9.49. The van der Waals surface area contributed by atoms with Crippen LogP contribution in [0.4, 0.5) is 5.69 Å². The Hall–Kier alpha value is -2.60. The van der Waals surface area contributed by atoms with Gasteiger partial charge in [0.25, 0.3) is 0 Å². The molecule has 0 heterocycles. The zero-order valence-corrected chi connectivity index (χ0v) is 12.6. The first kappa shape index (κ1) is 14.3. The van der Waals surface area contributed by atoms with Crippen LogP contribution in [-0.4, -0.2) is 5.78 Å². The fourth-order valence-electron chi connectivity index (χ4n) is 2.74. The predicted molar refractivity (Wildman–Crippen MR) is 85.5 cm³/mol. The van der Waals surface area contributed by atoms with Gasteiger partial charge >= 0.3 is 0 Å². The average Bonchev–Trinajstić information content (AvgIpc) is 2.55. The molecule has 0 fully saturated rings. The number of hydrogen-bond donors (Lipinski definition) is 0. The van der Waals surface area contributed by atoms with Gasteiger partial charge in [0.2, 0.25) is 0 Å². The van der Waals surface area contributed by atoms with Crippen molar-refractivity contribution in [1.82, 2.24) is 0 Å². The molecule has 3 nitrogen and oxygen atoms in total. The van der Waals surface area contributed by atoms with Crippen LogP contribution in [0, 0.1) is 13.5 Å². The Morgan fingerprint density at radius 3 is 2.86 bits per heavy atom. The van der Waals surface area contributed by atoms with Gasteiger partial charge < -0.3 is 4.74 Å². The van der Waals surface area contributed by atoms with Crippen LogP contribution >= 0.6 is 0 Å². The van der Waals surface area contributed by atoms with Crippen molar-refractivity contribution >= 4 is 11.5 Å². The van der Waals surface area contributed by atoms with Gasteiger partial charge in [-0.05, 0) is 54.7 Å². The van der Waals surface area contributed by atoms with Gasteiger partial charge in [-0.25, -0.2) is 4.85 Å². The molecule has 0 aliphatic heterocycles. The van der Waals surface area contributed by atoms with Gasteiger partial charge in [-0.2, -0.15) is 0 Å². The quantitative estimate of drug-likeness (QED) is 0.771. The Morgan fingerprint density at radius 1 is 1.18 bits per heavy atom. The molecule has 0 N–H and O–H groups in total. The Balaban J connectivity index is 1.79. The summed E-state index contributed by atoms with van der Waals surface area (Å²) in [4.78, 5) is 15.4. The molecule has 0 saturated heterocycles. The van der Waals surface area contributed by atoms with Crippen molar-refractivity contribution in [2.24, 2.45) is 0 Å². The molecule has 1 aliphatic rings. The van der Waals surface area contributed by atoms with Gasteiger partial charge in [0.1, 0.15) is 12.4 Å². The average molecular weight is 291 g/mol. The second-order valence-corrected chi connectivity index (χ2v) is 5.61. The number of aryl methyl sites for hydroxylation is 2. The number of carbonyl (C=O) groups is 1. The molecular weight excluding hydrogens is 274 g/mol. The van der Waals surface area contributed by atoms with Crippen molar-refractivity contribution in [3.8, 4) is 5.75 Å². The van der Waals surface area contributed by atoms with Crippen LogP contribution in [-0.2, 0) is 13.0 Å². The van der Waals surface area contributed by atoms with Crippen molar-refractivity contribution in [2.75, 3.05) is 0 Å². The molecule has 110 valence electrons. The highest BCUT2D eigenvalue weighted by Crippen LogP contribution is 2.26. The van der Waals surface area contributed by atoms with Crippen molar-refractivity contribution < 1.29 is 9.53 Å². The zero-order chi connectivity index (χ0) is 15.5. The summed E-state index contributed by atoms with van der Waals surface area (Å²) in [5.41, 5.74) is 4.63. The maximum atomic E-state index is 12.0. The van der Waals surface area contributed by atoms with E-state index in [2.05, 4.69) is 4.85 Å². The first-order valence-electron chi connectivity index (χ1n) is 7.43. The molecule has 0 aromatic heterocycles. The number of hydrogen-bond acceptors (Lipinski definition) is 2. The lowest BCUT2D eigenvalue weighted by atomic mass is 9.90. The van der Waals surface area contributed by atoms with Crippen LogP contribution in [0.15, 0.2) is 36.4 Å². The number of ether oxygens (including phenoxy) is 1. The summed E-state index contributed by atoms with van der Waals surface area (Å²) in [6, 6.07) is 11.4. The van der Waals surface area contributed by atoms with Gasteiger partial charge in [-0.15, -0.1) is 0 Å². The van der Waals surface area contributed by atoms with Crippen LogP contribution in [0.2, 0.25) is 0 Å². The van der Waals surface area contributed by atoms with Gasteiger partial charge in [-0.1, -0.05) is 18.2 Å². The van der Waals surface area contributed by atoms with E-state index < -0.39 is 0 Å². The summed E-state index contributed by atoms with van der Waals surface area (Å²) in [5.74, 6) is 0.916. The number of rotatable bonds is 3. The molecule has 3 rings (SSSR count). The lowest BCUT2D eigenvalue weighted by Crippen LogP contribution is -2.10. The van der Waals surface area contributed by atoms with E-state index in [9.17, 15) is 4.79 Å². The van der Waals surface area contributed by atoms with E-state index in [0.29, 0.717) is 24.5 Å². The maximum absolute atomic E-state index is 12.0. The third-order valence-electron chi connectivity index (χ3n) is 4.09. The van der Waals surface area contributed by atoms with E-state index in [-0.39, 0.29) is 5.78 Å². The first-order valence-corrected chi connectivity index (χ1v) is 7.43. The number of benzene rings is 2. The summed E-state index contributed by atoms with van der Waals surface area (Å²) >= 11 is 0. The minimum absolute atomic E-state index is 0.206. The van der Waals surface area contributed by atoms with Crippen molar-refractivity contribution in [3.63, 3.8) is 0 Å². The highest BCUT2D eigenvalue weighted by molar-refractivity contribution is 5.98. The van der Waals surface area contributed by atoms with Gasteiger partial charge in [0, 0.05) is 12.0 Å². The van der Waals surface area contributed by atoms with Crippen LogP contribution in [0.1, 0.15) is 39.9 Å². The Labute approximate surface area is 130 Å². The Morgan fingerprint density at radius 2 is 2.05 bits per heavy atom. The molecular formula is C19H17NO2. The number of Topliss-reactive ketones (excluding diaryl/α,β-unsaturated/α-hetero) is 1. The Kier molecular flexibility index (Phi) is 3.93. The molecule has 22 heavy (non-hydrogen) atoms. The van der Waals surface area contributed by atoms with E-state index in [1.54, 1.807) is 0 Å². The predicted octanol–water partition coefficient (Wildman–Crippen LogP) is 4.64. The van der Waals surface area contributed by atoms with E-state index in [4.69, 9.17) is 11.3 Å². The first-order chi connectivity index (χ1) is 10.7.